The highest BCUT2D eigenvalue weighted by Gasteiger charge is 2.19. The van der Waals surface area contributed by atoms with E-state index in [4.69, 9.17) is 0 Å². The predicted molar refractivity (Wildman–Crippen MR) is 103 cm³/mol. The minimum Gasteiger partial charge on any atom is -0.359 e. The van der Waals surface area contributed by atoms with Gasteiger partial charge in [0, 0.05) is 21.1 Å². The van der Waals surface area contributed by atoms with Gasteiger partial charge in [0.15, 0.2) is 11.2 Å². The van der Waals surface area contributed by atoms with E-state index in [1.165, 1.54) is 11.6 Å². The smallest absolute Gasteiger partial charge is 0.332 e. The summed E-state index contributed by atoms with van der Waals surface area (Å²) in [5, 5.41) is 5.30. The molecule has 0 bridgehead atoms. The third-order valence-corrected chi connectivity index (χ3v) is 4.78. The van der Waals surface area contributed by atoms with Gasteiger partial charge in [-0.15, -0.1) is 0 Å². The fraction of sp³-hybridized carbons (Fsp3) is 0.211. The van der Waals surface area contributed by atoms with E-state index < -0.39 is 0 Å². The van der Waals surface area contributed by atoms with Crippen molar-refractivity contribution >= 4 is 27.9 Å². The van der Waals surface area contributed by atoms with Gasteiger partial charge in [-0.2, -0.15) is 4.98 Å². The molecule has 0 atom stereocenters. The number of hydrogen-bond acceptors (Lipinski definition) is 4. The van der Waals surface area contributed by atoms with Crippen LogP contribution in [0.5, 0.6) is 0 Å². The number of anilines is 1. The molecule has 0 saturated heterocycles. The van der Waals surface area contributed by atoms with E-state index in [0.29, 0.717) is 23.7 Å². The SMILES string of the molecule is CNc1nc2c(c(=O)n(C)c(=O)n2C)n1Cc1cccc2ccccc12. The van der Waals surface area contributed by atoms with Crippen molar-refractivity contribution in [3.8, 4) is 0 Å². The third kappa shape index (κ3) is 2.24. The second-order valence-electron chi connectivity index (χ2n) is 6.29. The van der Waals surface area contributed by atoms with Crippen molar-refractivity contribution in [1.82, 2.24) is 18.7 Å². The Balaban J connectivity index is 2.02. The summed E-state index contributed by atoms with van der Waals surface area (Å²) in [6.07, 6.45) is 0. The van der Waals surface area contributed by atoms with E-state index in [-0.39, 0.29) is 11.2 Å². The van der Waals surface area contributed by atoms with E-state index >= 15 is 0 Å². The quantitative estimate of drug-likeness (QED) is 0.611. The molecule has 7 heteroatoms. The van der Waals surface area contributed by atoms with Gasteiger partial charge in [0.05, 0.1) is 6.54 Å². The molecule has 0 spiro atoms. The monoisotopic (exact) mass is 349 g/mol. The Labute approximate surface area is 149 Å². The number of nitrogens with one attached hydrogen (secondary N) is 1. The maximum atomic E-state index is 12.8. The van der Waals surface area contributed by atoms with Crippen molar-refractivity contribution in [3.63, 3.8) is 0 Å². The van der Waals surface area contributed by atoms with Gasteiger partial charge in [-0.25, -0.2) is 4.79 Å². The molecule has 132 valence electrons. The Morgan fingerprint density at radius 1 is 1.00 bits per heavy atom. The number of hydrogen-bond donors (Lipinski definition) is 1. The van der Waals surface area contributed by atoms with E-state index in [1.807, 2.05) is 28.8 Å². The fourth-order valence-corrected chi connectivity index (χ4v) is 3.39. The lowest BCUT2D eigenvalue weighted by atomic mass is 10.0. The highest BCUT2D eigenvalue weighted by molar-refractivity contribution is 5.86. The number of rotatable bonds is 3. The molecule has 2 aromatic carbocycles. The Bertz CT molecular complexity index is 1260. The first-order valence-electron chi connectivity index (χ1n) is 8.33. The first-order chi connectivity index (χ1) is 12.5. The number of aryl methyl sites for hydroxylation is 1. The molecule has 0 aliphatic carbocycles. The molecular formula is C19H19N5O2. The Hall–Kier alpha value is -3.35. The summed E-state index contributed by atoms with van der Waals surface area (Å²) in [6, 6.07) is 14.2. The molecule has 0 amide bonds. The zero-order valence-electron chi connectivity index (χ0n) is 14.9. The van der Waals surface area contributed by atoms with Crippen LogP contribution in [0, 0.1) is 0 Å². The number of fused-ring (bicyclic) bond motifs is 2. The van der Waals surface area contributed by atoms with Gasteiger partial charge in [0.25, 0.3) is 5.56 Å². The molecule has 2 heterocycles. The van der Waals surface area contributed by atoms with E-state index in [1.54, 1.807) is 14.1 Å². The van der Waals surface area contributed by atoms with Crippen LogP contribution < -0.4 is 16.6 Å². The van der Waals surface area contributed by atoms with Crippen LogP contribution >= 0.6 is 0 Å². The molecule has 0 radical (unpaired) electrons. The largest absolute Gasteiger partial charge is 0.359 e. The minimum atomic E-state index is -0.389. The summed E-state index contributed by atoms with van der Waals surface area (Å²) >= 11 is 0. The molecule has 1 N–H and O–H groups in total. The number of nitrogens with zero attached hydrogens (tertiary/aromatic N) is 4. The van der Waals surface area contributed by atoms with Crippen molar-refractivity contribution in [2.45, 2.75) is 6.54 Å². The van der Waals surface area contributed by atoms with Crippen LogP contribution in [0.1, 0.15) is 5.56 Å². The molecule has 26 heavy (non-hydrogen) atoms. The van der Waals surface area contributed by atoms with Crippen molar-refractivity contribution in [3.05, 3.63) is 68.9 Å². The topological polar surface area (TPSA) is 73.8 Å². The summed E-state index contributed by atoms with van der Waals surface area (Å²) in [5.41, 5.74) is 1.13. The summed E-state index contributed by atoms with van der Waals surface area (Å²) in [5.74, 6) is 0.547. The van der Waals surface area contributed by atoms with Crippen LogP contribution in [0.2, 0.25) is 0 Å². The summed E-state index contributed by atoms with van der Waals surface area (Å²) in [4.78, 5) is 29.4. The fourth-order valence-electron chi connectivity index (χ4n) is 3.39. The Kier molecular flexibility index (Phi) is 3.64. The maximum Gasteiger partial charge on any atom is 0.332 e. The van der Waals surface area contributed by atoms with Crippen molar-refractivity contribution < 1.29 is 0 Å². The zero-order valence-corrected chi connectivity index (χ0v) is 14.9. The van der Waals surface area contributed by atoms with Gasteiger partial charge in [0.1, 0.15) is 0 Å². The average Bonchev–Trinajstić information content (AvgIpc) is 3.03. The molecule has 0 aliphatic rings. The van der Waals surface area contributed by atoms with Crippen molar-refractivity contribution in [2.24, 2.45) is 14.1 Å². The van der Waals surface area contributed by atoms with Crippen molar-refractivity contribution in [2.75, 3.05) is 12.4 Å². The van der Waals surface area contributed by atoms with E-state index in [9.17, 15) is 9.59 Å². The van der Waals surface area contributed by atoms with Gasteiger partial charge in [0.2, 0.25) is 5.95 Å². The van der Waals surface area contributed by atoms with Crippen LogP contribution in [0.3, 0.4) is 0 Å². The molecule has 0 fully saturated rings. The van der Waals surface area contributed by atoms with Gasteiger partial charge >= 0.3 is 5.69 Å². The normalized spacial score (nSPS) is 11.3. The summed E-state index contributed by atoms with van der Waals surface area (Å²) in [7, 11) is 4.86. The molecule has 4 aromatic rings. The molecule has 4 rings (SSSR count). The van der Waals surface area contributed by atoms with Crippen LogP contribution in [0.25, 0.3) is 21.9 Å². The van der Waals surface area contributed by atoms with Crippen LogP contribution in [0.4, 0.5) is 5.95 Å². The number of imidazole rings is 1. The summed E-state index contributed by atoms with van der Waals surface area (Å²) in [6.45, 7) is 0.474. The molecule has 2 aromatic heterocycles. The third-order valence-electron chi connectivity index (χ3n) is 4.78. The average molecular weight is 349 g/mol. The van der Waals surface area contributed by atoms with E-state index in [2.05, 4.69) is 28.5 Å². The van der Waals surface area contributed by atoms with Crippen LogP contribution in [0.15, 0.2) is 52.1 Å². The number of aromatic nitrogens is 4. The Morgan fingerprint density at radius 3 is 2.50 bits per heavy atom. The first-order valence-corrected chi connectivity index (χ1v) is 8.33. The Morgan fingerprint density at radius 2 is 1.73 bits per heavy atom. The van der Waals surface area contributed by atoms with Gasteiger partial charge in [-0.3, -0.25) is 18.5 Å². The summed E-state index contributed by atoms with van der Waals surface area (Å²) < 4.78 is 4.35. The minimum absolute atomic E-state index is 0.350. The van der Waals surface area contributed by atoms with Crippen molar-refractivity contribution in [1.29, 1.82) is 0 Å². The molecule has 7 nitrogen and oxygen atoms in total. The molecule has 0 saturated carbocycles. The van der Waals surface area contributed by atoms with Gasteiger partial charge < -0.3 is 5.32 Å². The lowest BCUT2D eigenvalue weighted by molar-refractivity contribution is 0.703. The zero-order chi connectivity index (χ0) is 18.4. The lowest BCUT2D eigenvalue weighted by Crippen LogP contribution is -2.37. The maximum absolute atomic E-state index is 12.8. The molecule has 0 unspecified atom stereocenters. The standard InChI is InChI=1S/C19H19N5O2/c1-20-18-21-16-15(17(25)23(3)19(26)22(16)2)24(18)11-13-9-6-8-12-7-4-5-10-14(12)13/h4-10H,11H2,1-3H3,(H,20,21). The van der Waals surface area contributed by atoms with Crippen LogP contribution in [-0.4, -0.2) is 25.7 Å². The van der Waals surface area contributed by atoms with Gasteiger partial charge in [-0.05, 0) is 16.3 Å². The van der Waals surface area contributed by atoms with Crippen LogP contribution in [-0.2, 0) is 20.6 Å². The molecular weight excluding hydrogens is 330 g/mol. The highest BCUT2D eigenvalue weighted by Crippen LogP contribution is 2.23. The van der Waals surface area contributed by atoms with E-state index in [0.717, 1.165) is 20.9 Å². The lowest BCUT2D eigenvalue weighted by Gasteiger charge is -2.11. The number of benzene rings is 2. The van der Waals surface area contributed by atoms with Gasteiger partial charge in [-0.1, -0.05) is 42.5 Å². The first kappa shape index (κ1) is 16.1. The predicted octanol–water partition coefficient (Wildman–Crippen LogP) is 1.68. The highest BCUT2D eigenvalue weighted by atomic mass is 16.2. The molecule has 0 aliphatic heterocycles. The second kappa shape index (κ2) is 5.87. The second-order valence-corrected chi connectivity index (χ2v) is 6.29.